The van der Waals surface area contributed by atoms with Gasteiger partial charge < -0.3 is 0 Å². The molecule has 2 rings (SSSR count). The molecule has 0 N–H and O–H groups in total. The summed E-state index contributed by atoms with van der Waals surface area (Å²) in [4.78, 5) is 0. The first kappa shape index (κ1) is 24.5. The van der Waals surface area contributed by atoms with Crippen LogP contribution in [0.15, 0.2) is 24.3 Å². The van der Waals surface area contributed by atoms with Crippen LogP contribution in [0.5, 0.6) is 17.2 Å². The van der Waals surface area contributed by atoms with Crippen LogP contribution in [0, 0.1) is 27.9 Å². The minimum absolute atomic E-state index is 0.119. The van der Waals surface area contributed by atoms with Gasteiger partial charge in [0, 0.05) is 0 Å². The average Bonchev–Trinajstić information content (AvgIpc) is 2.64. The number of benzene rings is 2. The summed E-state index contributed by atoms with van der Waals surface area (Å²) < 4.78 is 85.0. The Morgan fingerprint density at radius 2 is 1.27 bits per heavy atom. The van der Waals surface area contributed by atoms with E-state index < -0.39 is 35.9 Å². The standard InChI is InChI=1S/C19H22F3IO6S/c1-11-7-12(2)17(13(3)8-11)23(29-30(24,25)19(20,21)22)18-15(27-5)9-14(26-4)10-16(18)28-6/h7-10H,1-6H3. The van der Waals surface area contributed by atoms with E-state index in [2.05, 4.69) is 0 Å². The topological polar surface area (TPSA) is 71.1 Å². The Balaban J connectivity index is 2.89. The summed E-state index contributed by atoms with van der Waals surface area (Å²) >= 11 is -3.77. The Hall–Kier alpha value is -1.73. The zero-order chi connectivity index (χ0) is 22.9. The van der Waals surface area contributed by atoms with Crippen molar-refractivity contribution in [1.82, 2.24) is 0 Å². The summed E-state index contributed by atoms with van der Waals surface area (Å²) in [6.07, 6.45) is 0. The second-order valence-corrected chi connectivity index (χ2v) is 12.4. The van der Waals surface area contributed by atoms with Crippen LogP contribution in [-0.2, 0) is 12.6 Å². The van der Waals surface area contributed by atoms with Gasteiger partial charge in [0.1, 0.15) is 0 Å². The first-order valence-corrected chi connectivity index (χ1v) is 12.9. The fourth-order valence-corrected chi connectivity index (χ4v) is 10.4. The van der Waals surface area contributed by atoms with Crippen molar-refractivity contribution in [3.63, 3.8) is 0 Å². The van der Waals surface area contributed by atoms with E-state index in [1.807, 2.05) is 6.92 Å². The molecule has 0 aliphatic heterocycles. The average molecular weight is 562 g/mol. The molecule has 0 saturated carbocycles. The zero-order valence-corrected chi connectivity index (χ0v) is 20.2. The van der Waals surface area contributed by atoms with Crippen LogP contribution in [0.3, 0.4) is 0 Å². The molecular weight excluding hydrogens is 540 g/mol. The molecule has 168 valence electrons. The number of alkyl halides is 3. The van der Waals surface area contributed by atoms with Crippen LogP contribution in [0.4, 0.5) is 13.2 Å². The van der Waals surface area contributed by atoms with Crippen LogP contribution in [0.1, 0.15) is 16.7 Å². The van der Waals surface area contributed by atoms with Gasteiger partial charge in [-0.1, -0.05) is 0 Å². The van der Waals surface area contributed by atoms with Crippen molar-refractivity contribution >= 4 is 30.4 Å². The van der Waals surface area contributed by atoms with Crippen molar-refractivity contribution in [2.24, 2.45) is 0 Å². The van der Waals surface area contributed by atoms with E-state index in [-0.39, 0.29) is 15.1 Å². The van der Waals surface area contributed by atoms with Gasteiger partial charge in [-0.15, -0.1) is 0 Å². The number of halogens is 4. The molecule has 11 heteroatoms. The van der Waals surface area contributed by atoms with Crippen molar-refractivity contribution in [1.29, 1.82) is 0 Å². The summed E-state index contributed by atoms with van der Waals surface area (Å²) in [7, 11) is -1.83. The molecule has 6 nitrogen and oxygen atoms in total. The van der Waals surface area contributed by atoms with Gasteiger partial charge in [-0.25, -0.2) is 0 Å². The number of hydrogen-bond acceptors (Lipinski definition) is 6. The molecule has 0 saturated heterocycles. The fourth-order valence-electron chi connectivity index (χ4n) is 2.84. The summed E-state index contributed by atoms with van der Waals surface area (Å²) in [5, 5.41) is 0. The molecule has 30 heavy (non-hydrogen) atoms. The van der Waals surface area contributed by atoms with E-state index in [0.29, 0.717) is 20.4 Å². The van der Waals surface area contributed by atoms with Gasteiger partial charge in [0.05, 0.1) is 0 Å². The van der Waals surface area contributed by atoms with E-state index in [9.17, 15) is 21.6 Å². The number of aryl methyl sites for hydroxylation is 3. The Morgan fingerprint density at radius 3 is 1.63 bits per heavy atom. The van der Waals surface area contributed by atoms with Gasteiger partial charge in [0.15, 0.2) is 0 Å². The van der Waals surface area contributed by atoms with Crippen LogP contribution >= 0.6 is 20.2 Å². The maximum atomic E-state index is 13.2. The second-order valence-electron chi connectivity index (χ2n) is 6.27. The Kier molecular flexibility index (Phi) is 7.51. The molecule has 2 aromatic carbocycles. The normalized spacial score (nSPS) is 12.5. The minimum atomic E-state index is -5.88. The number of methoxy groups -OCH3 is 3. The third-order valence-corrected chi connectivity index (χ3v) is 12.1. The number of ether oxygens (including phenoxy) is 3. The molecule has 0 aliphatic carbocycles. The summed E-state index contributed by atoms with van der Waals surface area (Å²) in [6, 6.07) is 6.42. The molecule has 0 heterocycles. The van der Waals surface area contributed by atoms with E-state index >= 15 is 0 Å². The zero-order valence-electron chi connectivity index (χ0n) is 17.2. The summed E-state index contributed by atoms with van der Waals surface area (Å²) in [5.41, 5.74) is -3.44. The number of hydrogen-bond donors (Lipinski definition) is 0. The first-order chi connectivity index (χ1) is 13.9. The second kappa shape index (κ2) is 9.18. The molecule has 0 unspecified atom stereocenters. The summed E-state index contributed by atoms with van der Waals surface area (Å²) in [6.45, 7) is 5.24. The van der Waals surface area contributed by atoms with E-state index in [1.54, 1.807) is 26.0 Å². The van der Waals surface area contributed by atoms with Gasteiger partial charge in [-0.2, -0.15) is 0 Å². The van der Waals surface area contributed by atoms with Crippen LogP contribution in [-0.4, -0.2) is 35.3 Å². The van der Waals surface area contributed by atoms with Crippen LogP contribution in [0.25, 0.3) is 0 Å². The Morgan fingerprint density at radius 1 is 0.800 bits per heavy atom. The quantitative estimate of drug-likeness (QED) is 0.351. The third kappa shape index (κ3) is 4.94. The third-order valence-electron chi connectivity index (χ3n) is 4.01. The molecular formula is C19H22F3IO6S. The predicted molar refractivity (Wildman–Crippen MR) is 114 cm³/mol. The van der Waals surface area contributed by atoms with Gasteiger partial charge in [-0.3, -0.25) is 0 Å². The van der Waals surface area contributed by atoms with Crippen molar-refractivity contribution in [2.45, 2.75) is 26.3 Å². The Labute approximate surface area is 181 Å². The van der Waals surface area contributed by atoms with Crippen LogP contribution < -0.4 is 14.2 Å². The van der Waals surface area contributed by atoms with Crippen molar-refractivity contribution < 1.29 is 38.3 Å². The van der Waals surface area contributed by atoms with E-state index in [1.165, 1.54) is 33.5 Å². The molecule has 0 atom stereocenters. The van der Waals surface area contributed by atoms with Gasteiger partial charge in [0.25, 0.3) is 0 Å². The molecule has 0 spiro atoms. The van der Waals surface area contributed by atoms with E-state index in [4.69, 9.17) is 16.7 Å². The van der Waals surface area contributed by atoms with E-state index in [0.717, 1.165) is 5.56 Å². The molecule has 0 amide bonds. The first-order valence-electron chi connectivity index (χ1n) is 8.45. The molecule has 0 fully saturated rings. The van der Waals surface area contributed by atoms with Crippen molar-refractivity contribution in [3.8, 4) is 17.2 Å². The predicted octanol–water partition coefficient (Wildman–Crippen LogP) is 4.96. The van der Waals surface area contributed by atoms with Crippen LogP contribution in [0.2, 0.25) is 0 Å². The molecule has 2 aromatic rings. The maximum absolute atomic E-state index is 13.2. The Bertz CT molecular complexity index is 989. The van der Waals surface area contributed by atoms with Gasteiger partial charge >= 0.3 is 182 Å². The monoisotopic (exact) mass is 562 g/mol. The molecule has 0 bridgehead atoms. The van der Waals surface area contributed by atoms with Gasteiger partial charge in [-0.05, 0) is 0 Å². The van der Waals surface area contributed by atoms with Crippen molar-refractivity contribution in [2.75, 3.05) is 21.3 Å². The fraction of sp³-hybridized carbons (Fsp3) is 0.368. The SMILES string of the molecule is COc1cc(OC)c(I(OS(=O)(=O)C(F)(F)F)c2c(C)cc(C)cc2C)c(OC)c1. The molecule has 0 radical (unpaired) electrons. The summed E-state index contributed by atoms with van der Waals surface area (Å²) in [5.74, 6) is 0.570. The van der Waals surface area contributed by atoms with Crippen molar-refractivity contribution in [3.05, 3.63) is 48.1 Å². The van der Waals surface area contributed by atoms with Gasteiger partial charge in [0.2, 0.25) is 0 Å². The molecule has 0 aromatic heterocycles. The molecule has 0 aliphatic rings. The number of rotatable bonds is 7.